The number of nitrogens with one attached hydrogen (secondary N) is 2. The number of carbonyl (C=O) groups excluding carboxylic acids is 1. The molecule has 0 radical (unpaired) electrons. The van der Waals surface area contributed by atoms with Crippen LogP contribution in [0.3, 0.4) is 0 Å². The lowest BCUT2D eigenvalue weighted by molar-refractivity contribution is 0.102. The van der Waals surface area contributed by atoms with Crippen molar-refractivity contribution in [1.82, 2.24) is 9.97 Å². The van der Waals surface area contributed by atoms with E-state index in [4.69, 9.17) is 4.98 Å². The highest BCUT2D eigenvalue weighted by atomic mass is 19.1. The first-order chi connectivity index (χ1) is 14.6. The second-order valence-electron chi connectivity index (χ2n) is 7.98. The van der Waals surface area contributed by atoms with E-state index in [1.165, 1.54) is 44.2 Å². The SMILES string of the molecule is CCN(CC)c1cc2nc(C3CCCCC3)[nH]c2cc1NC(=O)c1cccc(F)c1. The van der Waals surface area contributed by atoms with Crippen LogP contribution < -0.4 is 10.2 Å². The molecule has 2 N–H and O–H groups in total. The number of nitrogens with zero attached hydrogens (tertiary/aromatic N) is 2. The number of anilines is 2. The maximum atomic E-state index is 13.6. The zero-order valence-electron chi connectivity index (χ0n) is 17.7. The fraction of sp³-hybridized carbons (Fsp3) is 0.417. The van der Waals surface area contributed by atoms with Gasteiger partial charge in [0.25, 0.3) is 5.91 Å². The second kappa shape index (κ2) is 8.86. The molecule has 1 amide bonds. The summed E-state index contributed by atoms with van der Waals surface area (Å²) in [6, 6.07) is 9.76. The Kier molecular flexibility index (Phi) is 6.02. The summed E-state index contributed by atoms with van der Waals surface area (Å²) in [7, 11) is 0. The molecule has 0 aliphatic heterocycles. The predicted molar refractivity (Wildman–Crippen MR) is 120 cm³/mol. The maximum absolute atomic E-state index is 13.6. The average molecular weight is 409 g/mol. The fourth-order valence-corrected chi connectivity index (χ4v) is 4.39. The van der Waals surface area contributed by atoms with E-state index in [1.807, 2.05) is 12.1 Å². The molecular weight excluding hydrogens is 379 g/mol. The van der Waals surface area contributed by atoms with Crippen molar-refractivity contribution >= 4 is 28.3 Å². The van der Waals surface area contributed by atoms with Crippen LogP contribution in [0, 0.1) is 5.82 Å². The van der Waals surface area contributed by atoms with E-state index in [0.29, 0.717) is 17.2 Å². The van der Waals surface area contributed by atoms with Crippen molar-refractivity contribution in [3.05, 3.63) is 53.6 Å². The Morgan fingerprint density at radius 3 is 2.63 bits per heavy atom. The Labute approximate surface area is 176 Å². The van der Waals surface area contributed by atoms with Gasteiger partial charge in [0, 0.05) is 24.6 Å². The zero-order chi connectivity index (χ0) is 21.1. The number of imidazole rings is 1. The molecule has 158 valence electrons. The summed E-state index contributed by atoms with van der Waals surface area (Å²) >= 11 is 0. The van der Waals surface area contributed by atoms with Gasteiger partial charge in [0.2, 0.25) is 0 Å². The zero-order valence-corrected chi connectivity index (χ0v) is 17.7. The monoisotopic (exact) mass is 408 g/mol. The summed E-state index contributed by atoms with van der Waals surface area (Å²) < 4.78 is 13.6. The average Bonchev–Trinajstić information content (AvgIpc) is 3.18. The van der Waals surface area contributed by atoms with Gasteiger partial charge in [0.05, 0.1) is 22.4 Å². The molecule has 30 heavy (non-hydrogen) atoms. The van der Waals surface area contributed by atoms with Crippen LogP contribution in [-0.4, -0.2) is 29.0 Å². The summed E-state index contributed by atoms with van der Waals surface area (Å²) in [5, 5.41) is 2.99. The number of rotatable bonds is 6. The molecule has 0 unspecified atom stereocenters. The fourth-order valence-electron chi connectivity index (χ4n) is 4.39. The lowest BCUT2D eigenvalue weighted by atomic mass is 9.89. The van der Waals surface area contributed by atoms with Crippen LogP contribution in [0.4, 0.5) is 15.8 Å². The van der Waals surface area contributed by atoms with Gasteiger partial charge in [-0.05, 0) is 57.0 Å². The lowest BCUT2D eigenvalue weighted by Crippen LogP contribution is -2.24. The van der Waals surface area contributed by atoms with Crippen molar-refractivity contribution in [3.8, 4) is 0 Å². The van der Waals surface area contributed by atoms with Gasteiger partial charge in [-0.25, -0.2) is 9.37 Å². The normalized spacial score (nSPS) is 14.8. The number of carbonyl (C=O) groups is 1. The highest BCUT2D eigenvalue weighted by Crippen LogP contribution is 2.35. The molecule has 2 aromatic carbocycles. The van der Waals surface area contributed by atoms with Crippen molar-refractivity contribution in [2.45, 2.75) is 51.9 Å². The van der Waals surface area contributed by atoms with Crippen LogP contribution in [0.25, 0.3) is 11.0 Å². The molecule has 3 aromatic rings. The molecule has 1 saturated carbocycles. The molecule has 0 atom stereocenters. The summed E-state index contributed by atoms with van der Waals surface area (Å²) in [6.45, 7) is 5.79. The van der Waals surface area contributed by atoms with Crippen LogP contribution >= 0.6 is 0 Å². The molecule has 1 fully saturated rings. The molecule has 1 aliphatic carbocycles. The molecule has 4 rings (SSSR count). The predicted octanol–water partition coefficient (Wildman–Crippen LogP) is 5.85. The quantitative estimate of drug-likeness (QED) is 0.538. The standard InChI is InChI=1S/C24H29FN4O/c1-3-29(4-2)22-15-20-19(26-23(27-20)16-9-6-5-7-10-16)14-21(22)28-24(30)17-11-8-12-18(25)13-17/h8,11-16H,3-7,9-10H2,1-2H3,(H,26,27)(H,28,30). The third-order valence-corrected chi connectivity index (χ3v) is 6.05. The summed E-state index contributed by atoms with van der Waals surface area (Å²) in [4.78, 5) is 23.4. The number of H-pyrrole nitrogens is 1. The van der Waals surface area contributed by atoms with Gasteiger partial charge in [-0.2, -0.15) is 0 Å². The maximum Gasteiger partial charge on any atom is 0.255 e. The highest BCUT2D eigenvalue weighted by Gasteiger charge is 2.21. The molecular formula is C24H29FN4O. The van der Waals surface area contributed by atoms with E-state index < -0.39 is 5.82 Å². The number of aromatic nitrogens is 2. The molecule has 1 heterocycles. The van der Waals surface area contributed by atoms with Crippen LogP contribution in [0.2, 0.25) is 0 Å². The number of benzene rings is 2. The third-order valence-electron chi connectivity index (χ3n) is 6.05. The number of fused-ring (bicyclic) bond motifs is 1. The molecule has 1 aliphatic rings. The van der Waals surface area contributed by atoms with E-state index in [0.717, 1.165) is 35.6 Å². The minimum atomic E-state index is -0.423. The van der Waals surface area contributed by atoms with Crippen LogP contribution in [0.1, 0.15) is 68.1 Å². The van der Waals surface area contributed by atoms with Crippen molar-refractivity contribution < 1.29 is 9.18 Å². The lowest BCUT2D eigenvalue weighted by Gasteiger charge is -2.24. The molecule has 5 nitrogen and oxygen atoms in total. The van der Waals surface area contributed by atoms with Gasteiger partial charge >= 0.3 is 0 Å². The Morgan fingerprint density at radius 1 is 1.17 bits per heavy atom. The van der Waals surface area contributed by atoms with Gasteiger partial charge in [0.15, 0.2) is 0 Å². The van der Waals surface area contributed by atoms with Crippen LogP contribution in [-0.2, 0) is 0 Å². The van der Waals surface area contributed by atoms with Gasteiger partial charge in [0.1, 0.15) is 11.6 Å². The van der Waals surface area contributed by atoms with E-state index in [2.05, 4.69) is 29.0 Å². The molecule has 0 bridgehead atoms. The van der Waals surface area contributed by atoms with Crippen molar-refractivity contribution in [2.24, 2.45) is 0 Å². The highest BCUT2D eigenvalue weighted by molar-refractivity contribution is 6.07. The van der Waals surface area contributed by atoms with Crippen LogP contribution in [0.5, 0.6) is 0 Å². The number of aromatic amines is 1. The number of halogens is 1. The molecule has 1 aromatic heterocycles. The first-order valence-electron chi connectivity index (χ1n) is 10.9. The summed E-state index contributed by atoms with van der Waals surface area (Å²) in [5.74, 6) is 0.777. The van der Waals surface area contributed by atoms with Crippen molar-refractivity contribution in [2.75, 3.05) is 23.3 Å². The number of hydrogen-bond acceptors (Lipinski definition) is 3. The Balaban J connectivity index is 1.71. The topological polar surface area (TPSA) is 61.0 Å². The van der Waals surface area contributed by atoms with Gasteiger partial charge in [-0.3, -0.25) is 4.79 Å². The van der Waals surface area contributed by atoms with Gasteiger partial charge in [-0.15, -0.1) is 0 Å². The van der Waals surface area contributed by atoms with E-state index in [-0.39, 0.29) is 5.91 Å². The molecule has 0 spiro atoms. The van der Waals surface area contributed by atoms with Gasteiger partial charge in [-0.1, -0.05) is 25.3 Å². The van der Waals surface area contributed by atoms with Crippen molar-refractivity contribution in [3.63, 3.8) is 0 Å². The molecule has 6 heteroatoms. The smallest absolute Gasteiger partial charge is 0.255 e. The summed E-state index contributed by atoms with van der Waals surface area (Å²) in [6.07, 6.45) is 6.15. The van der Waals surface area contributed by atoms with Crippen molar-refractivity contribution in [1.29, 1.82) is 0 Å². The van der Waals surface area contributed by atoms with E-state index in [9.17, 15) is 9.18 Å². The minimum Gasteiger partial charge on any atom is -0.370 e. The largest absolute Gasteiger partial charge is 0.370 e. The Bertz CT molecular complexity index is 1030. The van der Waals surface area contributed by atoms with Crippen LogP contribution in [0.15, 0.2) is 36.4 Å². The molecule has 0 saturated heterocycles. The van der Waals surface area contributed by atoms with E-state index in [1.54, 1.807) is 12.1 Å². The Hall–Kier alpha value is -2.89. The van der Waals surface area contributed by atoms with Gasteiger partial charge < -0.3 is 15.2 Å². The number of hydrogen-bond donors (Lipinski definition) is 2. The summed E-state index contributed by atoms with van der Waals surface area (Å²) in [5.41, 5.74) is 3.77. The first-order valence-corrected chi connectivity index (χ1v) is 10.9. The third kappa shape index (κ3) is 4.18. The van der Waals surface area contributed by atoms with E-state index >= 15 is 0 Å². The number of amides is 1. The minimum absolute atomic E-state index is 0.299. The second-order valence-corrected chi connectivity index (χ2v) is 7.98. The first kappa shape index (κ1) is 20.4. The Morgan fingerprint density at radius 2 is 1.93 bits per heavy atom.